The summed E-state index contributed by atoms with van der Waals surface area (Å²) in [7, 11) is -3.70. The first-order valence-corrected chi connectivity index (χ1v) is 10.0. The number of carboxylic acid groups (broad SMARTS) is 1. The molecule has 8 nitrogen and oxygen atoms in total. The predicted molar refractivity (Wildman–Crippen MR) is 92.3 cm³/mol. The van der Waals surface area contributed by atoms with E-state index in [1.165, 1.54) is 28.6 Å². The first-order chi connectivity index (χ1) is 12.4. The van der Waals surface area contributed by atoms with Gasteiger partial charge in [0.1, 0.15) is 6.61 Å². The van der Waals surface area contributed by atoms with Gasteiger partial charge in [0, 0.05) is 26.2 Å². The van der Waals surface area contributed by atoms with Crippen LogP contribution >= 0.6 is 0 Å². The molecule has 1 N–H and O–H groups in total. The second-order valence-electron chi connectivity index (χ2n) is 6.57. The number of carbonyl (C=O) groups is 2. The molecular formula is C17H22N2O6S. The van der Waals surface area contributed by atoms with Gasteiger partial charge in [0.05, 0.1) is 17.1 Å². The van der Waals surface area contributed by atoms with Crippen LogP contribution in [0.3, 0.4) is 0 Å². The quantitative estimate of drug-likeness (QED) is 0.742. The smallest absolute Gasteiger partial charge is 0.335 e. The summed E-state index contributed by atoms with van der Waals surface area (Å²) in [6, 6.07) is 5.13. The lowest BCUT2D eigenvalue weighted by Gasteiger charge is -2.34. The normalized spacial score (nSPS) is 18.7. The summed E-state index contributed by atoms with van der Waals surface area (Å²) >= 11 is 0. The number of rotatable bonds is 7. The number of carbonyl (C=O) groups excluding carboxylic acids is 1. The van der Waals surface area contributed by atoms with Gasteiger partial charge in [0.15, 0.2) is 0 Å². The molecule has 1 aliphatic heterocycles. The standard InChI is InChI=1S/C17H22N2O6S/c20-16(12-25-11-13-1-2-13)18-7-9-19(10-8-18)26(23,24)15-5-3-14(4-6-15)17(21)22/h3-6,13H,1-2,7-12H2,(H,21,22). The van der Waals surface area contributed by atoms with Gasteiger partial charge < -0.3 is 14.7 Å². The Bertz CT molecular complexity index is 765. The zero-order valence-corrected chi connectivity index (χ0v) is 15.2. The number of aromatic carboxylic acids is 1. The molecule has 1 saturated heterocycles. The van der Waals surface area contributed by atoms with Crippen molar-refractivity contribution in [3.63, 3.8) is 0 Å². The Hall–Kier alpha value is -1.97. The van der Waals surface area contributed by atoms with Crippen molar-refractivity contribution < 1.29 is 27.9 Å². The molecule has 1 heterocycles. The molecule has 1 amide bonds. The van der Waals surface area contributed by atoms with Crippen molar-refractivity contribution in [2.45, 2.75) is 17.7 Å². The molecule has 2 aliphatic rings. The van der Waals surface area contributed by atoms with Gasteiger partial charge in [-0.2, -0.15) is 4.31 Å². The largest absolute Gasteiger partial charge is 0.478 e. The van der Waals surface area contributed by atoms with Crippen LogP contribution in [0.2, 0.25) is 0 Å². The fourth-order valence-corrected chi connectivity index (χ4v) is 4.21. The lowest BCUT2D eigenvalue weighted by molar-refractivity contribution is -0.137. The van der Waals surface area contributed by atoms with Crippen LogP contribution in [-0.2, 0) is 19.6 Å². The number of benzene rings is 1. The van der Waals surface area contributed by atoms with Crippen molar-refractivity contribution in [2.75, 3.05) is 39.4 Å². The molecule has 1 aliphatic carbocycles. The highest BCUT2D eigenvalue weighted by atomic mass is 32.2. The lowest BCUT2D eigenvalue weighted by Crippen LogP contribution is -2.51. The Balaban J connectivity index is 1.54. The molecule has 0 atom stereocenters. The lowest BCUT2D eigenvalue weighted by atomic mass is 10.2. The van der Waals surface area contributed by atoms with Crippen molar-refractivity contribution >= 4 is 21.9 Å². The van der Waals surface area contributed by atoms with Crippen LogP contribution in [-0.4, -0.2) is 74.0 Å². The van der Waals surface area contributed by atoms with E-state index in [1.54, 1.807) is 4.90 Å². The van der Waals surface area contributed by atoms with Gasteiger partial charge in [-0.05, 0) is 43.0 Å². The highest BCUT2D eigenvalue weighted by molar-refractivity contribution is 7.89. The van der Waals surface area contributed by atoms with E-state index in [2.05, 4.69) is 0 Å². The fourth-order valence-electron chi connectivity index (χ4n) is 2.79. The van der Waals surface area contributed by atoms with E-state index in [-0.39, 0.29) is 36.1 Å². The van der Waals surface area contributed by atoms with Crippen LogP contribution in [0.5, 0.6) is 0 Å². The van der Waals surface area contributed by atoms with Crippen molar-refractivity contribution in [3.8, 4) is 0 Å². The van der Waals surface area contributed by atoms with Crippen molar-refractivity contribution in [3.05, 3.63) is 29.8 Å². The third-order valence-corrected chi connectivity index (χ3v) is 6.52. The summed E-state index contributed by atoms with van der Waals surface area (Å²) < 4.78 is 32.0. The zero-order valence-electron chi connectivity index (χ0n) is 14.3. The number of hydrogen-bond acceptors (Lipinski definition) is 5. The summed E-state index contributed by atoms with van der Waals surface area (Å²) in [5, 5.41) is 8.90. The molecule has 1 saturated carbocycles. The minimum Gasteiger partial charge on any atom is -0.478 e. The van der Waals surface area contributed by atoms with Gasteiger partial charge in [-0.25, -0.2) is 13.2 Å². The number of nitrogens with zero attached hydrogens (tertiary/aromatic N) is 2. The Morgan fingerprint density at radius 2 is 1.69 bits per heavy atom. The summed E-state index contributed by atoms with van der Waals surface area (Å²) in [4.78, 5) is 24.6. The summed E-state index contributed by atoms with van der Waals surface area (Å²) in [5.74, 6) is -0.629. The average Bonchev–Trinajstić information content (AvgIpc) is 3.46. The van der Waals surface area contributed by atoms with E-state index in [4.69, 9.17) is 9.84 Å². The van der Waals surface area contributed by atoms with Gasteiger partial charge in [-0.3, -0.25) is 4.79 Å². The second kappa shape index (κ2) is 7.73. The fraction of sp³-hybridized carbons (Fsp3) is 0.529. The SMILES string of the molecule is O=C(O)c1ccc(S(=O)(=O)N2CCN(C(=O)COCC3CC3)CC2)cc1. The number of ether oxygens (including phenoxy) is 1. The van der Waals surface area contributed by atoms with Crippen molar-refractivity contribution in [1.82, 2.24) is 9.21 Å². The first-order valence-electron chi connectivity index (χ1n) is 8.57. The molecule has 142 valence electrons. The monoisotopic (exact) mass is 382 g/mol. The van der Waals surface area contributed by atoms with Gasteiger partial charge in [0.2, 0.25) is 15.9 Å². The van der Waals surface area contributed by atoms with E-state index in [1.807, 2.05) is 0 Å². The van der Waals surface area contributed by atoms with Crippen LogP contribution in [0.15, 0.2) is 29.2 Å². The number of hydrogen-bond donors (Lipinski definition) is 1. The molecule has 1 aromatic carbocycles. The molecule has 0 spiro atoms. The molecule has 1 aromatic rings. The third kappa shape index (κ3) is 4.40. The second-order valence-corrected chi connectivity index (χ2v) is 8.51. The Morgan fingerprint density at radius 1 is 1.08 bits per heavy atom. The molecule has 9 heteroatoms. The van der Waals surface area contributed by atoms with Crippen LogP contribution in [0, 0.1) is 5.92 Å². The maximum atomic E-state index is 12.6. The van der Waals surface area contributed by atoms with E-state index in [0.29, 0.717) is 25.6 Å². The highest BCUT2D eigenvalue weighted by Gasteiger charge is 2.30. The third-order valence-electron chi connectivity index (χ3n) is 4.61. The molecule has 26 heavy (non-hydrogen) atoms. The number of piperazine rings is 1. The summed E-state index contributed by atoms with van der Waals surface area (Å²) in [6.07, 6.45) is 2.33. The molecule has 3 rings (SSSR count). The first kappa shape index (κ1) is 18.8. The van der Waals surface area contributed by atoms with E-state index in [9.17, 15) is 18.0 Å². The topological polar surface area (TPSA) is 104 Å². The van der Waals surface area contributed by atoms with E-state index >= 15 is 0 Å². The molecule has 2 fully saturated rings. The Morgan fingerprint density at radius 3 is 2.23 bits per heavy atom. The molecular weight excluding hydrogens is 360 g/mol. The summed E-state index contributed by atoms with van der Waals surface area (Å²) in [5.41, 5.74) is 0.0329. The molecule has 0 aromatic heterocycles. The molecule has 0 unspecified atom stereocenters. The van der Waals surface area contributed by atoms with Crippen LogP contribution in [0.4, 0.5) is 0 Å². The van der Waals surface area contributed by atoms with E-state index < -0.39 is 16.0 Å². The van der Waals surface area contributed by atoms with Crippen LogP contribution in [0.25, 0.3) is 0 Å². The van der Waals surface area contributed by atoms with Crippen molar-refractivity contribution in [1.29, 1.82) is 0 Å². The number of amides is 1. The van der Waals surface area contributed by atoms with Gasteiger partial charge in [0.25, 0.3) is 0 Å². The minimum absolute atomic E-state index is 0.0329. The van der Waals surface area contributed by atoms with Crippen LogP contribution in [0.1, 0.15) is 23.2 Å². The minimum atomic E-state index is -3.70. The maximum absolute atomic E-state index is 12.6. The summed E-state index contributed by atoms with van der Waals surface area (Å²) in [6.45, 7) is 1.71. The molecule has 0 bridgehead atoms. The van der Waals surface area contributed by atoms with Gasteiger partial charge in [-0.1, -0.05) is 0 Å². The molecule has 0 radical (unpaired) electrons. The van der Waals surface area contributed by atoms with Gasteiger partial charge >= 0.3 is 5.97 Å². The Kier molecular flexibility index (Phi) is 5.59. The predicted octanol–water partition coefficient (Wildman–Crippen LogP) is 0.644. The zero-order chi connectivity index (χ0) is 18.7. The van der Waals surface area contributed by atoms with Gasteiger partial charge in [-0.15, -0.1) is 0 Å². The van der Waals surface area contributed by atoms with Crippen LogP contribution < -0.4 is 0 Å². The number of carboxylic acids is 1. The highest BCUT2D eigenvalue weighted by Crippen LogP contribution is 2.28. The van der Waals surface area contributed by atoms with Crippen molar-refractivity contribution in [2.24, 2.45) is 5.92 Å². The van der Waals surface area contributed by atoms with E-state index in [0.717, 1.165) is 12.8 Å². The Labute approximate surface area is 152 Å². The maximum Gasteiger partial charge on any atom is 0.335 e. The number of sulfonamides is 1. The average molecular weight is 382 g/mol.